The zero-order valence-corrected chi connectivity index (χ0v) is 12.9. The minimum Gasteiger partial charge on any atom is -0.375 e. The Morgan fingerprint density at radius 3 is 2.75 bits per heavy atom. The summed E-state index contributed by atoms with van der Waals surface area (Å²) >= 11 is 0. The molecule has 4 heteroatoms. The second-order valence-electron chi connectivity index (χ2n) is 7.09. The normalized spacial score (nSPS) is 36.9. The van der Waals surface area contributed by atoms with Crippen LogP contribution in [-0.4, -0.2) is 56.0 Å². The Morgan fingerprint density at radius 1 is 1.20 bits per heavy atom. The molecule has 2 aliphatic heterocycles. The van der Waals surface area contributed by atoms with Crippen molar-refractivity contribution in [3.63, 3.8) is 0 Å². The van der Waals surface area contributed by atoms with Crippen molar-refractivity contribution in [3.05, 3.63) is 0 Å². The number of nitrogens with two attached hydrogens (primary N) is 1. The Bertz CT molecular complexity index is 312. The van der Waals surface area contributed by atoms with Crippen molar-refractivity contribution in [1.82, 2.24) is 4.90 Å². The fraction of sp³-hybridized carbons (Fsp3) is 1.00. The number of ether oxygens (including phenoxy) is 2. The van der Waals surface area contributed by atoms with E-state index in [1.165, 1.54) is 32.1 Å². The lowest BCUT2D eigenvalue weighted by atomic mass is 9.73. The number of likely N-dealkylation sites (N-methyl/N-ethyl adjacent to an activating group) is 1. The summed E-state index contributed by atoms with van der Waals surface area (Å²) in [6.07, 6.45) is 8.96. The second-order valence-corrected chi connectivity index (χ2v) is 7.09. The lowest BCUT2D eigenvalue weighted by Crippen LogP contribution is -2.55. The van der Waals surface area contributed by atoms with Crippen LogP contribution in [0, 0.1) is 5.92 Å². The number of morpholine rings is 1. The maximum Gasteiger partial charge on any atom is 0.0855 e. The van der Waals surface area contributed by atoms with Crippen LogP contribution in [0.1, 0.15) is 44.9 Å². The Kier molecular flexibility index (Phi) is 4.65. The zero-order chi connectivity index (χ0) is 14.0. The van der Waals surface area contributed by atoms with Crippen LogP contribution in [0.15, 0.2) is 0 Å². The van der Waals surface area contributed by atoms with Gasteiger partial charge in [-0.2, -0.15) is 0 Å². The van der Waals surface area contributed by atoms with Gasteiger partial charge in [-0.15, -0.1) is 0 Å². The van der Waals surface area contributed by atoms with Gasteiger partial charge in [-0.3, -0.25) is 0 Å². The van der Waals surface area contributed by atoms with Gasteiger partial charge < -0.3 is 20.1 Å². The molecule has 2 heterocycles. The summed E-state index contributed by atoms with van der Waals surface area (Å²) in [7, 11) is 2.16. The third kappa shape index (κ3) is 3.19. The first-order valence-electron chi connectivity index (χ1n) is 8.38. The number of nitrogens with zero attached hydrogens (tertiary/aromatic N) is 1. The third-order valence-electron chi connectivity index (χ3n) is 5.57. The molecule has 3 unspecified atom stereocenters. The molecular weight excluding hydrogens is 252 g/mol. The molecule has 1 saturated carbocycles. The molecule has 3 aliphatic rings. The average molecular weight is 282 g/mol. The Morgan fingerprint density at radius 2 is 2.00 bits per heavy atom. The molecule has 0 bridgehead atoms. The molecule has 0 amide bonds. The van der Waals surface area contributed by atoms with Gasteiger partial charge in [0.05, 0.1) is 18.3 Å². The van der Waals surface area contributed by atoms with Gasteiger partial charge in [-0.25, -0.2) is 0 Å². The average Bonchev–Trinajstić information content (AvgIpc) is 2.47. The molecule has 3 fully saturated rings. The van der Waals surface area contributed by atoms with Crippen LogP contribution in [0.3, 0.4) is 0 Å². The van der Waals surface area contributed by atoms with E-state index in [1.54, 1.807) is 0 Å². The van der Waals surface area contributed by atoms with E-state index < -0.39 is 0 Å². The van der Waals surface area contributed by atoms with Crippen LogP contribution < -0.4 is 5.73 Å². The molecule has 2 N–H and O–H groups in total. The van der Waals surface area contributed by atoms with E-state index in [2.05, 4.69) is 11.9 Å². The van der Waals surface area contributed by atoms with Crippen molar-refractivity contribution in [2.75, 3.05) is 33.4 Å². The first kappa shape index (κ1) is 14.8. The fourth-order valence-corrected chi connectivity index (χ4v) is 4.29. The first-order chi connectivity index (χ1) is 9.69. The van der Waals surface area contributed by atoms with Crippen LogP contribution in [0.25, 0.3) is 0 Å². The lowest BCUT2D eigenvalue weighted by molar-refractivity contribution is -0.131. The summed E-state index contributed by atoms with van der Waals surface area (Å²) in [5, 5.41) is 0. The molecule has 116 valence electrons. The van der Waals surface area contributed by atoms with E-state index in [-0.39, 0.29) is 17.7 Å². The SMILES string of the molecule is CN1CCOC(C(N)C2CCOC3(CCCCC3)C2)C1. The Labute approximate surface area is 123 Å². The largest absolute Gasteiger partial charge is 0.375 e. The molecule has 0 aromatic carbocycles. The second kappa shape index (κ2) is 6.30. The van der Waals surface area contributed by atoms with Gasteiger partial charge in [0.25, 0.3) is 0 Å². The molecule has 1 aliphatic carbocycles. The smallest absolute Gasteiger partial charge is 0.0855 e. The summed E-state index contributed by atoms with van der Waals surface area (Å²) in [6.45, 7) is 3.72. The van der Waals surface area contributed by atoms with E-state index in [4.69, 9.17) is 15.2 Å². The van der Waals surface area contributed by atoms with Crippen LogP contribution in [-0.2, 0) is 9.47 Å². The predicted molar refractivity (Wildman–Crippen MR) is 79.7 cm³/mol. The van der Waals surface area contributed by atoms with Crippen LogP contribution in [0.4, 0.5) is 0 Å². The molecule has 4 nitrogen and oxygen atoms in total. The number of hydrogen-bond donors (Lipinski definition) is 1. The van der Waals surface area contributed by atoms with Gasteiger partial charge >= 0.3 is 0 Å². The van der Waals surface area contributed by atoms with E-state index in [0.717, 1.165) is 39.1 Å². The minimum atomic E-state index is 0.152. The zero-order valence-electron chi connectivity index (χ0n) is 12.9. The van der Waals surface area contributed by atoms with E-state index in [9.17, 15) is 0 Å². The fourth-order valence-electron chi connectivity index (χ4n) is 4.29. The third-order valence-corrected chi connectivity index (χ3v) is 5.57. The van der Waals surface area contributed by atoms with Gasteiger partial charge in [-0.1, -0.05) is 19.3 Å². The molecule has 0 radical (unpaired) electrons. The highest BCUT2D eigenvalue weighted by molar-refractivity contribution is 4.95. The van der Waals surface area contributed by atoms with Crippen LogP contribution >= 0.6 is 0 Å². The Hall–Kier alpha value is -0.160. The summed E-state index contributed by atoms with van der Waals surface area (Å²) in [5.74, 6) is 0.568. The maximum absolute atomic E-state index is 6.57. The van der Waals surface area contributed by atoms with Crippen molar-refractivity contribution >= 4 is 0 Å². The standard InChI is InChI=1S/C16H30N2O2/c1-18-8-10-19-14(12-18)15(17)13-5-9-20-16(11-13)6-3-2-4-7-16/h13-15H,2-12,17H2,1H3. The minimum absolute atomic E-state index is 0.152. The highest BCUT2D eigenvalue weighted by Crippen LogP contribution is 2.41. The lowest BCUT2D eigenvalue weighted by Gasteiger charge is -2.46. The predicted octanol–water partition coefficient (Wildman–Crippen LogP) is 1.77. The first-order valence-corrected chi connectivity index (χ1v) is 8.38. The highest BCUT2D eigenvalue weighted by atomic mass is 16.5. The van der Waals surface area contributed by atoms with Crippen molar-refractivity contribution in [1.29, 1.82) is 0 Å². The Balaban J connectivity index is 1.60. The van der Waals surface area contributed by atoms with Crippen molar-refractivity contribution < 1.29 is 9.47 Å². The number of hydrogen-bond acceptors (Lipinski definition) is 4. The van der Waals surface area contributed by atoms with Gasteiger partial charge in [0, 0.05) is 25.7 Å². The van der Waals surface area contributed by atoms with Gasteiger partial charge in [0.1, 0.15) is 0 Å². The van der Waals surface area contributed by atoms with E-state index in [1.807, 2.05) is 0 Å². The molecule has 0 aromatic heterocycles. The molecule has 20 heavy (non-hydrogen) atoms. The molecule has 2 saturated heterocycles. The molecule has 1 spiro atoms. The van der Waals surface area contributed by atoms with Crippen molar-refractivity contribution in [2.24, 2.45) is 11.7 Å². The maximum atomic E-state index is 6.57. The summed E-state index contributed by atoms with van der Waals surface area (Å²) < 4.78 is 12.1. The molecule has 3 atom stereocenters. The topological polar surface area (TPSA) is 47.7 Å². The molecule has 0 aromatic rings. The van der Waals surface area contributed by atoms with Crippen LogP contribution in [0.2, 0.25) is 0 Å². The molecule has 3 rings (SSSR count). The van der Waals surface area contributed by atoms with Gasteiger partial charge in [-0.05, 0) is 38.6 Å². The highest BCUT2D eigenvalue weighted by Gasteiger charge is 2.42. The van der Waals surface area contributed by atoms with Crippen molar-refractivity contribution in [2.45, 2.75) is 62.7 Å². The quantitative estimate of drug-likeness (QED) is 0.838. The van der Waals surface area contributed by atoms with Crippen molar-refractivity contribution in [3.8, 4) is 0 Å². The van der Waals surface area contributed by atoms with E-state index >= 15 is 0 Å². The van der Waals surface area contributed by atoms with E-state index in [0.29, 0.717) is 5.92 Å². The summed E-state index contributed by atoms with van der Waals surface area (Å²) in [6, 6.07) is 0.167. The van der Waals surface area contributed by atoms with Crippen LogP contribution in [0.5, 0.6) is 0 Å². The number of rotatable bonds is 2. The summed E-state index contributed by atoms with van der Waals surface area (Å²) in [5.41, 5.74) is 6.72. The molecular formula is C16H30N2O2. The van der Waals surface area contributed by atoms with Gasteiger partial charge in [0.2, 0.25) is 0 Å². The monoisotopic (exact) mass is 282 g/mol. The van der Waals surface area contributed by atoms with Gasteiger partial charge in [0.15, 0.2) is 0 Å². The summed E-state index contributed by atoms with van der Waals surface area (Å²) in [4.78, 5) is 2.34.